The summed E-state index contributed by atoms with van der Waals surface area (Å²) < 4.78 is 11.3. The van der Waals surface area contributed by atoms with Crippen LogP contribution in [0.25, 0.3) is 0 Å². The molecule has 1 heterocycles. The zero-order valence-corrected chi connectivity index (χ0v) is 53.8. The molecule has 0 saturated carbocycles. The lowest BCUT2D eigenvalue weighted by atomic mass is 9.99. The number of nitrogens with one attached hydrogen (secondary N) is 1. The van der Waals surface area contributed by atoms with E-state index in [0.717, 1.165) is 51.4 Å². The average molecular weight is 1150 g/mol. The predicted molar refractivity (Wildman–Crippen MR) is 350 cm³/mol. The molecular weight excluding hydrogens is 1020 g/mol. The van der Waals surface area contributed by atoms with E-state index < -0.39 is 49.5 Å². The van der Waals surface area contributed by atoms with Crippen LogP contribution in [0, 0.1) is 0 Å². The van der Waals surface area contributed by atoms with Crippen molar-refractivity contribution in [1.82, 2.24) is 5.32 Å². The lowest BCUT2D eigenvalue weighted by molar-refractivity contribution is -0.302. The number of hydrogen-bond acceptors (Lipinski definition) is 8. The number of rotatable bonds is 62. The Labute approximate surface area is 506 Å². The van der Waals surface area contributed by atoms with Crippen LogP contribution in [-0.2, 0) is 14.3 Å². The lowest BCUT2D eigenvalue weighted by Gasteiger charge is -2.40. The fourth-order valence-corrected chi connectivity index (χ4v) is 11.2. The molecule has 480 valence electrons. The molecule has 9 heteroatoms. The van der Waals surface area contributed by atoms with Gasteiger partial charge in [0.2, 0.25) is 5.91 Å². The highest BCUT2D eigenvalue weighted by molar-refractivity contribution is 5.76. The van der Waals surface area contributed by atoms with Crippen molar-refractivity contribution in [1.29, 1.82) is 0 Å². The first kappa shape index (κ1) is 77.9. The minimum Gasteiger partial charge on any atom is -0.394 e. The topological polar surface area (TPSA) is 149 Å². The first-order chi connectivity index (χ1) is 40.3. The quantitative estimate of drug-likeness (QED) is 0.0261. The summed E-state index contributed by atoms with van der Waals surface area (Å²) in [6, 6.07) is -0.829. The van der Waals surface area contributed by atoms with Gasteiger partial charge in [-0.3, -0.25) is 4.79 Å². The van der Waals surface area contributed by atoms with E-state index in [0.29, 0.717) is 6.42 Å². The Morgan fingerprint density at radius 3 is 1.10 bits per heavy atom. The number of carbonyl (C=O) groups is 1. The predicted octanol–water partition coefficient (Wildman–Crippen LogP) is 19.4. The number of unbranched alkanes of at least 4 members (excludes halogenated alkanes) is 44. The largest absolute Gasteiger partial charge is 0.394 e. The molecule has 9 nitrogen and oxygen atoms in total. The summed E-state index contributed by atoms with van der Waals surface area (Å²) in [5, 5.41) is 54.7. The monoisotopic (exact) mass is 1150 g/mol. The lowest BCUT2D eigenvalue weighted by Crippen LogP contribution is -2.60. The maximum atomic E-state index is 13.1. The Morgan fingerprint density at radius 1 is 0.415 bits per heavy atom. The van der Waals surface area contributed by atoms with E-state index in [1.54, 1.807) is 6.08 Å². The summed E-state index contributed by atoms with van der Waals surface area (Å²) in [6.07, 6.45) is 79.1. The molecule has 6 N–H and O–H groups in total. The van der Waals surface area contributed by atoms with E-state index in [1.165, 1.54) is 270 Å². The fraction of sp³-hybridized carbons (Fsp3) is 0.849. The van der Waals surface area contributed by atoms with E-state index in [4.69, 9.17) is 9.47 Å². The smallest absolute Gasteiger partial charge is 0.220 e. The standard InChI is InChI=1S/C73H135NO8/c1-3-5-7-9-11-13-15-17-19-21-23-25-27-28-29-30-31-32-33-34-35-36-37-38-39-40-41-43-45-47-49-51-53-55-57-59-61-63-69(77)74-66(65-81-73-72(80)71(79)70(78)68(64-75)82-73)67(76)62-60-58-56-54-52-50-48-46-44-42-26-24-22-20-18-16-14-12-10-8-6-4-2/h15,17,21,23,44,46,52,54,60,62,66-68,70-73,75-76,78-80H,3-14,16,18-20,22,24-43,45,47-51,53,55-59,61,63-65H2,1-2H3,(H,74,77)/b17-15-,23-21-,46-44+,54-52+,62-60+. The Bertz CT molecular complexity index is 1480. The van der Waals surface area contributed by atoms with E-state index in [1.807, 2.05) is 6.08 Å². The molecular formula is C73H135NO8. The fourth-order valence-electron chi connectivity index (χ4n) is 11.2. The van der Waals surface area contributed by atoms with Crippen LogP contribution >= 0.6 is 0 Å². The second-order valence-electron chi connectivity index (χ2n) is 24.7. The van der Waals surface area contributed by atoms with Gasteiger partial charge >= 0.3 is 0 Å². The van der Waals surface area contributed by atoms with Crippen molar-refractivity contribution < 1.29 is 39.8 Å². The van der Waals surface area contributed by atoms with E-state index >= 15 is 0 Å². The average Bonchev–Trinajstić information content (AvgIpc) is 3.59. The third kappa shape index (κ3) is 50.1. The van der Waals surface area contributed by atoms with Gasteiger partial charge in [0.25, 0.3) is 0 Å². The van der Waals surface area contributed by atoms with Crippen molar-refractivity contribution in [3.05, 3.63) is 60.8 Å². The SMILES string of the molecule is CCCCCCC/C=C\C/C=C\CCCCCCCCCCCCCCCCCCCCCCCCCCCC(=O)NC(COC1OC(CO)C(O)C(O)C1O)C(O)/C=C/CC/C=C/CC/C=C/CCCCCCCCCCCCCC. The Kier molecular flexibility index (Phi) is 58.9. The van der Waals surface area contributed by atoms with Crippen molar-refractivity contribution in [2.24, 2.45) is 0 Å². The van der Waals surface area contributed by atoms with Crippen molar-refractivity contribution in [3.8, 4) is 0 Å². The minimum absolute atomic E-state index is 0.185. The van der Waals surface area contributed by atoms with Crippen LogP contribution in [-0.4, -0.2) is 87.5 Å². The van der Waals surface area contributed by atoms with E-state index in [-0.39, 0.29) is 12.5 Å². The molecule has 1 aliphatic heterocycles. The molecule has 82 heavy (non-hydrogen) atoms. The van der Waals surface area contributed by atoms with Gasteiger partial charge in [0.1, 0.15) is 24.4 Å². The van der Waals surface area contributed by atoms with Gasteiger partial charge in [-0.25, -0.2) is 0 Å². The highest BCUT2D eigenvalue weighted by Crippen LogP contribution is 2.23. The number of hydrogen-bond donors (Lipinski definition) is 6. The van der Waals surface area contributed by atoms with Gasteiger partial charge in [-0.15, -0.1) is 0 Å². The highest BCUT2D eigenvalue weighted by Gasteiger charge is 2.44. The number of amides is 1. The van der Waals surface area contributed by atoms with Crippen molar-refractivity contribution in [2.75, 3.05) is 13.2 Å². The van der Waals surface area contributed by atoms with Gasteiger partial charge in [-0.2, -0.15) is 0 Å². The number of carbonyl (C=O) groups excluding carboxylic acids is 1. The zero-order chi connectivity index (χ0) is 59.3. The summed E-state index contributed by atoms with van der Waals surface area (Å²) in [6.45, 7) is 3.78. The maximum Gasteiger partial charge on any atom is 0.220 e. The van der Waals surface area contributed by atoms with Gasteiger partial charge in [-0.05, 0) is 77.0 Å². The number of aliphatic hydroxyl groups excluding tert-OH is 5. The molecule has 0 aromatic heterocycles. The van der Waals surface area contributed by atoms with Crippen LogP contribution in [0.2, 0.25) is 0 Å². The minimum atomic E-state index is -1.58. The zero-order valence-electron chi connectivity index (χ0n) is 53.8. The third-order valence-corrected chi connectivity index (χ3v) is 16.8. The molecule has 1 fully saturated rings. The first-order valence-electron chi connectivity index (χ1n) is 35.5. The van der Waals surface area contributed by atoms with Gasteiger partial charge in [-0.1, -0.05) is 319 Å². The molecule has 7 unspecified atom stereocenters. The molecule has 1 amide bonds. The molecule has 0 bridgehead atoms. The summed E-state index contributed by atoms with van der Waals surface area (Å²) in [5.74, 6) is -0.185. The normalized spacial score (nSPS) is 18.6. The summed E-state index contributed by atoms with van der Waals surface area (Å²) in [4.78, 5) is 13.1. The van der Waals surface area contributed by atoms with Crippen LogP contribution in [0.15, 0.2) is 60.8 Å². The van der Waals surface area contributed by atoms with Crippen LogP contribution in [0.3, 0.4) is 0 Å². The molecule has 0 aromatic carbocycles. The van der Waals surface area contributed by atoms with E-state index in [9.17, 15) is 30.3 Å². The Balaban J connectivity index is 2.10. The van der Waals surface area contributed by atoms with Crippen molar-refractivity contribution in [2.45, 2.75) is 384 Å². The van der Waals surface area contributed by atoms with Gasteiger partial charge in [0.05, 0.1) is 25.4 Å². The molecule has 0 aliphatic carbocycles. The molecule has 1 aliphatic rings. The summed E-state index contributed by atoms with van der Waals surface area (Å²) in [5.41, 5.74) is 0. The van der Waals surface area contributed by atoms with E-state index in [2.05, 4.69) is 67.8 Å². The molecule has 1 rings (SSSR count). The van der Waals surface area contributed by atoms with Gasteiger partial charge < -0.3 is 40.3 Å². The van der Waals surface area contributed by atoms with Crippen LogP contribution < -0.4 is 5.32 Å². The van der Waals surface area contributed by atoms with Gasteiger partial charge in [0, 0.05) is 6.42 Å². The van der Waals surface area contributed by atoms with Crippen LogP contribution in [0.1, 0.15) is 341 Å². The molecule has 0 radical (unpaired) electrons. The van der Waals surface area contributed by atoms with Crippen LogP contribution in [0.5, 0.6) is 0 Å². The first-order valence-corrected chi connectivity index (χ1v) is 35.5. The second-order valence-corrected chi connectivity index (χ2v) is 24.7. The summed E-state index contributed by atoms with van der Waals surface area (Å²) in [7, 11) is 0. The Hall–Kier alpha value is -2.11. The number of aliphatic hydroxyl groups is 5. The van der Waals surface area contributed by atoms with Crippen LogP contribution in [0.4, 0.5) is 0 Å². The molecule has 0 spiro atoms. The Morgan fingerprint density at radius 2 is 0.732 bits per heavy atom. The molecule has 1 saturated heterocycles. The third-order valence-electron chi connectivity index (χ3n) is 16.8. The highest BCUT2D eigenvalue weighted by atomic mass is 16.7. The summed E-state index contributed by atoms with van der Waals surface area (Å²) >= 11 is 0. The molecule has 7 atom stereocenters. The van der Waals surface area contributed by atoms with Crippen molar-refractivity contribution >= 4 is 5.91 Å². The maximum absolute atomic E-state index is 13.1. The van der Waals surface area contributed by atoms with Gasteiger partial charge in [0.15, 0.2) is 6.29 Å². The number of ether oxygens (including phenoxy) is 2. The number of allylic oxidation sites excluding steroid dienone is 9. The van der Waals surface area contributed by atoms with Crippen molar-refractivity contribution in [3.63, 3.8) is 0 Å². The second kappa shape index (κ2) is 62.0. The molecule has 0 aromatic rings.